The SMILES string of the molecule is Cc1c(CC(N)CC2(F)COC2)sc2c(NCc3cccs3)cnnc12. The van der Waals surface area contributed by atoms with E-state index in [0.717, 1.165) is 32.9 Å². The number of fused-ring (bicyclic) bond motifs is 1. The molecule has 4 heterocycles. The molecule has 0 spiro atoms. The Labute approximate surface area is 159 Å². The Hall–Kier alpha value is -1.61. The first kappa shape index (κ1) is 17.8. The summed E-state index contributed by atoms with van der Waals surface area (Å²) in [4.78, 5) is 2.41. The molecule has 0 saturated carbocycles. The number of nitrogens with zero attached hydrogens (tertiary/aromatic N) is 2. The summed E-state index contributed by atoms with van der Waals surface area (Å²) in [6.07, 6.45) is 2.73. The van der Waals surface area contributed by atoms with Crippen molar-refractivity contribution in [1.82, 2.24) is 10.2 Å². The van der Waals surface area contributed by atoms with Gasteiger partial charge in [0.2, 0.25) is 0 Å². The molecule has 0 aliphatic carbocycles. The molecule has 1 unspecified atom stereocenters. The second-order valence-electron chi connectivity index (χ2n) is 6.83. The van der Waals surface area contributed by atoms with E-state index in [1.54, 1.807) is 28.9 Å². The van der Waals surface area contributed by atoms with Gasteiger partial charge in [0.15, 0.2) is 5.67 Å². The molecule has 1 saturated heterocycles. The van der Waals surface area contributed by atoms with Gasteiger partial charge in [0.05, 0.1) is 29.8 Å². The fourth-order valence-corrected chi connectivity index (χ4v) is 5.16. The van der Waals surface area contributed by atoms with E-state index in [9.17, 15) is 4.39 Å². The maximum absolute atomic E-state index is 14.2. The van der Waals surface area contributed by atoms with Gasteiger partial charge >= 0.3 is 0 Å². The highest BCUT2D eigenvalue weighted by Gasteiger charge is 2.40. The maximum atomic E-state index is 14.2. The number of aryl methyl sites for hydroxylation is 1. The molecule has 26 heavy (non-hydrogen) atoms. The molecular weight excluding hydrogens is 371 g/mol. The summed E-state index contributed by atoms with van der Waals surface area (Å²) in [6.45, 7) is 3.12. The number of hydrogen-bond donors (Lipinski definition) is 2. The molecule has 5 nitrogen and oxygen atoms in total. The van der Waals surface area contributed by atoms with Crippen LogP contribution in [0.3, 0.4) is 0 Å². The summed E-state index contributed by atoms with van der Waals surface area (Å²) in [7, 11) is 0. The molecule has 3 aromatic rings. The molecule has 0 radical (unpaired) electrons. The van der Waals surface area contributed by atoms with E-state index in [-0.39, 0.29) is 19.3 Å². The Morgan fingerprint density at radius 2 is 2.31 bits per heavy atom. The third kappa shape index (κ3) is 3.59. The van der Waals surface area contributed by atoms with Crippen LogP contribution in [0.2, 0.25) is 0 Å². The van der Waals surface area contributed by atoms with E-state index in [2.05, 4.69) is 27.0 Å². The highest BCUT2D eigenvalue weighted by molar-refractivity contribution is 7.19. The first-order chi connectivity index (χ1) is 12.5. The number of nitrogens with two attached hydrogens (primary N) is 1. The predicted molar refractivity (Wildman–Crippen MR) is 105 cm³/mol. The van der Waals surface area contributed by atoms with E-state index in [0.29, 0.717) is 12.8 Å². The summed E-state index contributed by atoms with van der Waals surface area (Å²) in [5.41, 5.74) is 7.93. The monoisotopic (exact) mass is 392 g/mol. The zero-order chi connectivity index (χ0) is 18.1. The van der Waals surface area contributed by atoms with Crippen LogP contribution in [-0.2, 0) is 17.7 Å². The van der Waals surface area contributed by atoms with Crippen LogP contribution in [0, 0.1) is 6.92 Å². The van der Waals surface area contributed by atoms with Crippen LogP contribution in [0.15, 0.2) is 23.7 Å². The first-order valence-electron chi connectivity index (χ1n) is 8.56. The Bertz CT molecular complexity index is 892. The summed E-state index contributed by atoms with van der Waals surface area (Å²) in [5.74, 6) is 0. The Kier molecular flexibility index (Phi) is 4.92. The van der Waals surface area contributed by atoms with Crippen LogP contribution in [0.25, 0.3) is 10.2 Å². The van der Waals surface area contributed by atoms with Gasteiger partial charge in [-0.2, -0.15) is 5.10 Å². The molecule has 3 N–H and O–H groups in total. The number of thiophene rings is 2. The Balaban J connectivity index is 1.52. The van der Waals surface area contributed by atoms with E-state index in [4.69, 9.17) is 10.5 Å². The molecule has 0 bridgehead atoms. The van der Waals surface area contributed by atoms with E-state index in [1.165, 1.54) is 4.88 Å². The Morgan fingerprint density at radius 1 is 1.46 bits per heavy atom. The van der Waals surface area contributed by atoms with Crippen molar-refractivity contribution in [3.63, 3.8) is 0 Å². The summed E-state index contributed by atoms with van der Waals surface area (Å²) >= 11 is 3.39. The van der Waals surface area contributed by atoms with Crippen LogP contribution in [0.1, 0.15) is 21.7 Å². The topological polar surface area (TPSA) is 73.1 Å². The number of nitrogens with one attached hydrogen (secondary N) is 1. The van der Waals surface area contributed by atoms with E-state index >= 15 is 0 Å². The van der Waals surface area contributed by atoms with Crippen LogP contribution in [0.5, 0.6) is 0 Å². The zero-order valence-corrected chi connectivity index (χ0v) is 16.1. The van der Waals surface area contributed by atoms with Crippen molar-refractivity contribution >= 4 is 38.6 Å². The molecule has 8 heteroatoms. The lowest BCUT2D eigenvalue weighted by molar-refractivity contribution is -0.135. The molecule has 1 atom stereocenters. The summed E-state index contributed by atoms with van der Waals surface area (Å²) in [6, 6.07) is 3.91. The van der Waals surface area contributed by atoms with Crippen molar-refractivity contribution in [1.29, 1.82) is 0 Å². The minimum atomic E-state index is -1.25. The largest absolute Gasteiger partial charge is 0.378 e. The highest BCUT2D eigenvalue weighted by atomic mass is 32.1. The molecule has 1 aliphatic heterocycles. The van der Waals surface area contributed by atoms with Gasteiger partial charge in [0.1, 0.15) is 5.52 Å². The lowest BCUT2D eigenvalue weighted by Gasteiger charge is -2.35. The third-order valence-electron chi connectivity index (χ3n) is 4.63. The van der Waals surface area contributed by atoms with Gasteiger partial charge in [0.25, 0.3) is 0 Å². The summed E-state index contributed by atoms with van der Waals surface area (Å²) < 4.78 is 20.3. The lowest BCUT2D eigenvalue weighted by atomic mass is 9.93. The number of rotatable bonds is 7. The normalized spacial score (nSPS) is 17.2. The quantitative estimate of drug-likeness (QED) is 0.642. The van der Waals surface area contributed by atoms with Gasteiger partial charge < -0.3 is 15.8 Å². The number of hydrogen-bond acceptors (Lipinski definition) is 7. The molecule has 0 amide bonds. The number of alkyl halides is 1. The van der Waals surface area contributed by atoms with Gasteiger partial charge in [-0.3, -0.25) is 0 Å². The van der Waals surface area contributed by atoms with Crippen molar-refractivity contribution in [2.24, 2.45) is 5.73 Å². The predicted octanol–water partition coefficient (Wildman–Crippen LogP) is 3.67. The van der Waals surface area contributed by atoms with E-state index in [1.807, 2.05) is 13.0 Å². The number of halogens is 1. The highest BCUT2D eigenvalue weighted by Crippen LogP contribution is 2.36. The minimum Gasteiger partial charge on any atom is -0.378 e. The van der Waals surface area contributed by atoms with Crippen molar-refractivity contribution in [3.8, 4) is 0 Å². The van der Waals surface area contributed by atoms with Crippen LogP contribution in [-0.4, -0.2) is 35.1 Å². The van der Waals surface area contributed by atoms with Crippen molar-refractivity contribution in [3.05, 3.63) is 39.0 Å². The maximum Gasteiger partial charge on any atom is 0.158 e. The summed E-state index contributed by atoms with van der Waals surface area (Å²) in [5, 5.41) is 14.0. The smallest absolute Gasteiger partial charge is 0.158 e. The molecule has 0 aromatic carbocycles. The van der Waals surface area contributed by atoms with Crippen molar-refractivity contribution < 1.29 is 9.13 Å². The number of anilines is 1. The van der Waals surface area contributed by atoms with Gasteiger partial charge in [-0.1, -0.05) is 6.07 Å². The van der Waals surface area contributed by atoms with Crippen LogP contribution < -0.4 is 11.1 Å². The molecule has 1 fully saturated rings. The first-order valence-corrected chi connectivity index (χ1v) is 10.3. The van der Waals surface area contributed by atoms with Gasteiger partial charge in [0, 0.05) is 28.8 Å². The average Bonchev–Trinajstić information content (AvgIpc) is 3.21. The van der Waals surface area contributed by atoms with Gasteiger partial charge in [-0.05, 0) is 30.4 Å². The number of ether oxygens (including phenoxy) is 1. The fraction of sp³-hybridized carbons (Fsp3) is 0.444. The second kappa shape index (κ2) is 7.19. The second-order valence-corrected chi connectivity index (χ2v) is 8.97. The Morgan fingerprint density at radius 3 is 3.00 bits per heavy atom. The van der Waals surface area contributed by atoms with E-state index < -0.39 is 5.67 Å². The third-order valence-corrected chi connectivity index (χ3v) is 6.85. The standard InChI is InChI=1S/C18H21FN4OS2/c1-11-15(5-12(20)6-18(19)9-24-10-18)26-17-14(8-22-23-16(11)17)21-7-13-3-2-4-25-13/h2-4,8,12H,5-7,9-10,20H2,1H3,(H,21,23). The fourth-order valence-electron chi connectivity index (χ4n) is 3.19. The van der Waals surface area contributed by atoms with Gasteiger partial charge in [-0.25, -0.2) is 4.39 Å². The molecule has 1 aliphatic rings. The molecule has 4 rings (SSSR count). The molecule has 3 aromatic heterocycles. The van der Waals surface area contributed by atoms with Crippen molar-refractivity contribution in [2.45, 2.75) is 38.0 Å². The molecular formula is C18H21FN4OS2. The minimum absolute atomic E-state index is 0.161. The van der Waals surface area contributed by atoms with Gasteiger partial charge in [-0.15, -0.1) is 27.8 Å². The number of aromatic nitrogens is 2. The average molecular weight is 393 g/mol. The van der Waals surface area contributed by atoms with Crippen LogP contribution in [0.4, 0.5) is 10.1 Å². The van der Waals surface area contributed by atoms with Crippen LogP contribution >= 0.6 is 22.7 Å². The molecule has 138 valence electrons. The zero-order valence-electron chi connectivity index (χ0n) is 14.5. The van der Waals surface area contributed by atoms with Crippen molar-refractivity contribution in [2.75, 3.05) is 18.5 Å². The lowest BCUT2D eigenvalue weighted by Crippen LogP contribution is -2.49.